The van der Waals surface area contributed by atoms with Crippen LogP contribution in [0.25, 0.3) is 11.1 Å². The summed E-state index contributed by atoms with van der Waals surface area (Å²) >= 11 is 0. The minimum Gasteiger partial charge on any atom is -0.265 e. The van der Waals surface area contributed by atoms with E-state index < -0.39 is 0 Å². The predicted octanol–water partition coefficient (Wildman–Crippen LogP) is 2.32. The molecule has 72 valence electrons. The lowest BCUT2D eigenvalue weighted by atomic mass is 10.0. The topological polar surface area (TPSA) is 49.6 Å². The Kier molecular flexibility index (Phi) is 2.42. The van der Waals surface area contributed by atoms with Gasteiger partial charge in [0.15, 0.2) is 0 Å². The zero-order valence-electron chi connectivity index (χ0n) is 8.31. The molecular formula is C12H9N3. The number of hydrogen-bond donors (Lipinski definition) is 0. The lowest BCUT2D eigenvalue weighted by molar-refractivity contribution is 1.19. The maximum absolute atomic E-state index is 8.97. The fourth-order valence-corrected chi connectivity index (χ4v) is 1.42. The second kappa shape index (κ2) is 3.89. The van der Waals surface area contributed by atoms with Crippen molar-refractivity contribution in [2.75, 3.05) is 0 Å². The quantitative estimate of drug-likeness (QED) is 0.701. The van der Waals surface area contributed by atoms with Gasteiger partial charge in [-0.2, -0.15) is 5.26 Å². The van der Waals surface area contributed by atoms with E-state index >= 15 is 0 Å². The van der Waals surface area contributed by atoms with E-state index in [1.807, 2.05) is 25.1 Å². The summed E-state index contributed by atoms with van der Waals surface area (Å²) in [5.74, 6) is 0. The van der Waals surface area contributed by atoms with Crippen molar-refractivity contribution >= 4 is 0 Å². The van der Waals surface area contributed by atoms with Gasteiger partial charge in [-0.05, 0) is 30.7 Å². The van der Waals surface area contributed by atoms with Gasteiger partial charge in [-0.25, -0.2) is 0 Å². The highest BCUT2D eigenvalue weighted by atomic mass is 14.7. The van der Waals surface area contributed by atoms with Crippen LogP contribution in [0.4, 0.5) is 0 Å². The Hall–Kier alpha value is -2.21. The van der Waals surface area contributed by atoms with E-state index in [1.54, 1.807) is 18.6 Å². The van der Waals surface area contributed by atoms with E-state index in [4.69, 9.17) is 5.26 Å². The molecular weight excluding hydrogens is 186 g/mol. The average molecular weight is 195 g/mol. The van der Waals surface area contributed by atoms with Gasteiger partial charge < -0.3 is 0 Å². The molecule has 3 heteroatoms. The van der Waals surface area contributed by atoms with Crippen LogP contribution >= 0.6 is 0 Å². The van der Waals surface area contributed by atoms with Crippen molar-refractivity contribution < 1.29 is 0 Å². The Bertz CT molecular complexity index is 512. The summed E-state index contributed by atoms with van der Waals surface area (Å²) in [4.78, 5) is 8.05. The van der Waals surface area contributed by atoms with Crippen molar-refractivity contribution in [1.29, 1.82) is 5.26 Å². The molecule has 0 aliphatic carbocycles. The summed E-state index contributed by atoms with van der Waals surface area (Å²) in [6.45, 7) is 1.91. The molecule has 0 bridgehead atoms. The van der Waals surface area contributed by atoms with Crippen LogP contribution in [0.3, 0.4) is 0 Å². The molecule has 0 unspecified atom stereocenters. The number of pyridine rings is 2. The fraction of sp³-hybridized carbons (Fsp3) is 0.0833. The van der Waals surface area contributed by atoms with Crippen LogP contribution in [0.1, 0.15) is 11.3 Å². The molecule has 3 nitrogen and oxygen atoms in total. The summed E-state index contributed by atoms with van der Waals surface area (Å²) < 4.78 is 0. The number of nitrogens with zero attached hydrogens (tertiary/aromatic N) is 3. The second-order valence-corrected chi connectivity index (χ2v) is 3.22. The molecule has 0 aromatic carbocycles. The SMILES string of the molecule is Cc1cc(-c2ccncc2)c(C#N)cn1. The standard InChI is InChI=1S/C12H9N3/c1-9-6-12(11(7-13)8-15-9)10-2-4-14-5-3-10/h2-6,8H,1H3. The van der Waals surface area contributed by atoms with Crippen LogP contribution in [0.15, 0.2) is 36.8 Å². The van der Waals surface area contributed by atoms with Crippen molar-refractivity contribution in [3.05, 3.63) is 48.0 Å². The first-order chi connectivity index (χ1) is 7.31. The lowest BCUT2D eigenvalue weighted by Crippen LogP contribution is -1.89. The van der Waals surface area contributed by atoms with E-state index in [2.05, 4.69) is 16.0 Å². The molecule has 2 heterocycles. The molecule has 0 aliphatic heterocycles. The molecule has 0 fully saturated rings. The van der Waals surface area contributed by atoms with Gasteiger partial charge >= 0.3 is 0 Å². The van der Waals surface area contributed by atoms with Crippen molar-refractivity contribution in [3.63, 3.8) is 0 Å². The first-order valence-electron chi connectivity index (χ1n) is 4.58. The molecule has 0 amide bonds. The molecule has 0 spiro atoms. The van der Waals surface area contributed by atoms with Crippen LogP contribution in [0.5, 0.6) is 0 Å². The molecule has 0 saturated heterocycles. The minimum atomic E-state index is 0.590. The van der Waals surface area contributed by atoms with Gasteiger partial charge in [-0.15, -0.1) is 0 Å². The largest absolute Gasteiger partial charge is 0.265 e. The van der Waals surface area contributed by atoms with Crippen molar-refractivity contribution in [2.24, 2.45) is 0 Å². The van der Waals surface area contributed by atoms with E-state index in [1.165, 1.54) is 0 Å². The highest BCUT2D eigenvalue weighted by molar-refractivity contribution is 5.69. The molecule has 0 radical (unpaired) electrons. The Labute approximate surface area is 88.1 Å². The molecule has 2 aromatic heterocycles. The smallest absolute Gasteiger partial charge is 0.101 e. The normalized spacial score (nSPS) is 9.60. The van der Waals surface area contributed by atoms with Crippen molar-refractivity contribution in [1.82, 2.24) is 9.97 Å². The monoisotopic (exact) mass is 195 g/mol. The summed E-state index contributed by atoms with van der Waals surface area (Å²) in [5, 5.41) is 8.97. The minimum absolute atomic E-state index is 0.590. The van der Waals surface area contributed by atoms with Gasteiger partial charge in [0.2, 0.25) is 0 Å². The summed E-state index contributed by atoms with van der Waals surface area (Å²) in [5.41, 5.74) is 3.40. The van der Waals surface area contributed by atoms with Gasteiger partial charge in [0.25, 0.3) is 0 Å². The number of aromatic nitrogens is 2. The molecule has 0 atom stereocenters. The first-order valence-corrected chi connectivity index (χ1v) is 4.58. The van der Waals surface area contributed by atoms with Crippen LogP contribution in [0, 0.1) is 18.3 Å². The van der Waals surface area contributed by atoms with E-state index in [0.29, 0.717) is 5.56 Å². The van der Waals surface area contributed by atoms with Crippen LogP contribution in [-0.2, 0) is 0 Å². The fourth-order valence-electron chi connectivity index (χ4n) is 1.42. The molecule has 2 aromatic rings. The van der Waals surface area contributed by atoms with E-state index in [9.17, 15) is 0 Å². The Balaban J connectivity index is 2.62. The Morgan fingerprint density at radius 2 is 2.00 bits per heavy atom. The van der Waals surface area contributed by atoms with Crippen LogP contribution < -0.4 is 0 Å². The predicted molar refractivity (Wildman–Crippen MR) is 56.9 cm³/mol. The third kappa shape index (κ3) is 1.84. The zero-order chi connectivity index (χ0) is 10.7. The molecule has 15 heavy (non-hydrogen) atoms. The van der Waals surface area contributed by atoms with Crippen molar-refractivity contribution in [2.45, 2.75) is 6.92 Å². The summed E-state index contributed by atoms with van der Waals surface area (Å²) in [6.07, 6.45) is 5.03. The van der Waals surface area contributed by atoms with Gasteiger partial charge in [0.1, 0.15) is 6.07 Å². The molecule has 0 saturated carbocycles. The molecule has 2 rings (SSSR count). The molecule has 0 N–H and O–H groups in total. The van der Waals surface area contributed by atoms with Gasteiger partial charge in [0.05, 0.1) is 5.56 Å². The van der Waals surface area contributed by atoms with E-state index in [-0.39, 0.29) is 0 Å². The van der Waals surface area contributed by atoms with Crippen LogP contribution in [0.2, 0.25) is 0 Å². The lowest BCUT2D eigenvalue weighted by Gasteiger charge is -2.03. The highest BCUT2D eigenvalue weighted by Gasteiger charge is 2.04. The number of rotatable bonds is 1. The number of hydrogen-bond acceptors (Lipinski definition) is 3. The summed E-state index contributed by atoms with van der Waals surface area (Å²) in [7, 11) is 0. The van der Waals surface area contributed by atoms with E-state index in [0.717, 1.165) is 16.8 Å². The number of aryl methyl sites for hydroxylation is 1. The third-order valence-electron chi connectivity index (χ3n) is 2.15. The van der Waals surface area contributed by atoms with Gasteiger partial charge in [0, 0.05) is 29.8 Å². The van der Waals surface area contributed by atoms with Gasteiger partial charge in [-0.1, -0.05) is 0 Å². The number of nitriles is 1. The first kappa shape index (κ1) is 9.35. The second-order valence-electron chi connectivity index (χ2n) is 3.22. The highest BCUT2D eigenvalue weighted by Crippen LogP contribution is 2.22. The maximum Gasteiger partial charge on any atom is 0.101 e. The zero-order valence-corrected chi connectivity index (χ0v) is 8.31. The third-order valence-corrected chi connectivity index (χ3v) is 2.15. The van der Waals surface area contributed by atoms with Gasteiger partial charge in [-0.3, -0.25) is 9.97 Å². The van der Waals surface area contributed by atoms with Crippen LogP contribution in [-0.4, -0.2) is 9.97 Å². The average Bonchev–Trinajstić information content (AvgIpc) is 2.30. The van der Waals surface area contributed by atoms with Crippen molar-refractivity contribution in [3.8, 4) is 17.2 Å². The molecule has 0 aliphatic rings. The summed E-state index contributed by atoms with van der Waals surface area (Å²) in [6, 6.07) is 7.82. The Morgan fingerprint density at radius 1 is 1.27 bits per heavy atom. The maximum atomic E-state index is 8.97. The Morgan fingerprint density at radius 3 is 2.67 bits per heavy atom.